The molecular formula is C11H15NO5. The second-order valence-electron chi connectivity index (χ2n) is 3.16. The molecule has 0 aliphatic rings. The van der Waals surface area contributed by atoms with Gasteiger partial charge in [-0.15, -0.1) is 0 Å². The highest BCUT2D eigenvalue weighted by atomic mass is 16.7. The van der Waals surface area contributed by atoms with Crippen LogP contribution in [0, 0.1) is 0 Å². The van der Waals surface area contributed by atoms with Gasteiger partial charge in [0.2, 0.25) is 0 Å². The van der Waals surface area contributed by atoms with Crippen molar-refractivity contribution in [3.8, 4) is 11.5 Å². The van der Waals surface area contributed by atoms with E-state index in [1.807, 2.05) is 0 Å². The zero-order valence-electron chi connectivity index (χ0n) is 10.1. The SMILES string of the molecule is COCOc1cnc(COC(C)=O)cc1OC. The lowest BCUT2D eigenvalue weighted by Crippen LogP contribution is -2.04. The molecule has 1 aromatic heterocycles. The minimum atomic E-state index is -0.356. The first-order valence-corrected chi connectivity index (χ1v) is 4.95. The summed E-state index contributed by atoms with van der Waals surface area (Å²) in [5.41, 5.74) is 0.585. The molecule has 0 bridgehead atoms. The van der Waals surface area contributed by atoms with Gasteiger partial charge < -0.3 is 18.9 Å². The second kappa shape index (κ2) is 6.70. The van der Waals surface area contributed by atoms with Crippen molar-refractivity contribution < 1.29 is 23.7 Å². The van der Waals surface area contributed by atoms with Crippen LogP contribution in [-0.4, -0.2) is 32.0 Å². The molecule has 17 heavy (non-hydrogen) atoms. The van der Waals surface area contributed by atoms with Crippen LogP contribution in [0.3, 0.4) is 0 Å². The Morgan fingerprint density at radius 1 is 1.35 bits per heavy atom. The zero-order chi connectivity index (χ0) is 12.7. The molecule has 0 radical (unpaired) electrons. The van der Waals surface area contributed by atoms with Crippen LogP contribution in [0.25, 0.3) is 0 Å². The van der Waals surface area contributed by atoms with Gasteiger partial charge in [-0.2, -0.15) is 0 Å². The van der Waals surface area contributed by atoms with Crippen LogP contribution in [0.5, 0.6) is 11.5 Å². The van der Waals surface area contributed by atoms with Gasteiger partial charge in [-0.3, -0.25) is 9.78 Å². The summed E-state index contributed by atoms with van der Waals surface area (Å²) in [7, 11) is 3.04. The van der Waals surface area contributed by atoms with Crippen molar-refractivity contribution in [2.24, 2.45) is 0 Å². The highest BCUT2D eigenvalue weighted by Crippen LogP contribution is 2.26. The van der Waals surface area contributed by atoms with Crippen LogP contribution in [0.1, 0.15) is 12.6 Å². The molecule has 6 nitrogen and oxygen atoms in total. The first kappa shape index (κ1) is 13.2. The minimum Gasteiger partial charge on any atom is -0.493 e. The molecule has 0 aliphatic carbocycles. The van der Waals surface area contributed by atoms with Gasteiger partial charge in [-0.1, -0.05) is 0 Å². The van der Waals surface area contributed by atoms with E-state index in [4.69, 9.17) is 18.9 Å². The van der Waals surface area contributed by atoms with E-state index >= 15 is 0 Å². The zero-order valence-corrected chi connectivity index (χ0v) is 10.1. The predicted octanol–water partition coefficient (Wildman–Crippen LogP) is 1.14. The number of carbonyl (C=O) groups excluding carboxylic acids is 1. The largest absolute Gasteiger partial charge is 0.493 e. The summed E-state index contributed by atoms with van der Waals surface area (Å²) >= 11 is 0. The van der Waals surface area contributed by atoms with Crippen molar-refractivity contribution in [3.05, 3.63) is 18.0 Å². The molecule has 0 atom stereocenters. The minimum absolute atomic E-state index is 0.107. The van der Waals surface area contributed by atoms with E-state index in [0.717, 1.165) is 0 Å². The average molecular weight is 241 g/mol. The van der Waals surface area contributed by atoms with Gasteiger partial charge in [0.25, 0.3) is 0 Å². The Bertz CT molecular complexity index is 380. The van der Waals surface area contributed by atoms with Crippen molar-refractivity contribution in [2.75, 3.05) is 21.0 Å². The van der Waals surface area contributed by atoms with Crippen molar-refractivity contribution >= 4 is 5.97 Å². The van der Waals surface area contributed by atoms with E-state index in [2.05, 4.69) is 4.98 Å². The molecule has 6 heteroatoms. The Balaban J connectivity index is 2.73. The van der Waals surface area contributed by atoms with Crippen molar-refractivity contribution in [2.45, 2.75) is 13.5 Å². The normalized spacial score (nSPS) is 9.82. The third kappa shape index (κ3) is 4.28. The average Bonchev–Trinajstić information content (AvgIpc) is 2.34. The monoisotopic (exact) mass is 241 g/mol. The van der Waals surface area contributed by atoms with Crippen molar-refractivity contribution in [1.82, 2.24) is 4.98 Å². The van der Waals surface area contributed by atoms with Crippen LogP contribution in [0.15, 0.2) is 12.3 Å². The van der Waals surface area contributed by atoms with Crippen LogP contribution in [0.2, 0.25) is 0 Å². The maximum atomic E-state index is 10.7. The van der Waals surface area contributed by atoms with Crippen LogP contribution in [0.4, 0.5) is 0 Å². The fourth-order valence-electron chi connectivity index (χ4n) is 1.11. The molecule has 0 aromatic carbocycles. The molecule has 1 rings (SSSR count). The smallest absolute Gasteiger partial charge is 0.303 e. The summed E-state index contributed by atoms with van der Waals surface area (Å²) in [5, 5.41) is 0. The third-order valence-electron chi connectivity index (χ3n) is 1.86. The molecule has 0 N–H and O–H groups in total. The van der Waals surface area contributed by atoms with Gasteiger partial charge in [0.15, 0.2) is 18.3 Å². The maximum absolute atomic E-state index is 10.7. The number of methoxy groups -OCH3 is 2. The molecule has 0 spiro atoms. The maximum Gasteiger partial charge on any atom is 0.303 e. The predicted molar refractivity (Wildman–Crippen MR) is 58.8 cm³/mol. The topological polar surface area (TPSA) is 66.9 Å². The molecule has 94 valence electrons. The first-order valence-electron chi connectivity index (χ1n) is 4.95. The number of hydrogen-bond acceptors (Lipinski definition) is 6. The van der Waals surface area contributed by atoms with E-state index in [0.29, 0.717) is 17.2 Å². The lowest BCUT2D eigenvalue weighted by Gasteiger charge is -2.10. The number of pyridine rings is 1. The number of esters is 1. The fraction of sp³-hybridized carbons (Fsp3) is 0.455. The number of hydrogen-bond donors (Lipinski definition) is 0. The molecule has 1 heterocycles. The van der Waals surface area contributed by atoms with E-state index in [1.165, 1.54) is 27.3 Å². The Kier molecular flexibility index (Phi) is 5.22. The summed E-state index contributed by atoms with van der Waals surface area (Å²) in [5.74, 6) is 0.630. The number of rotatable bonds is 6. The Morgan fingerprint density at radius 3 is 2.71 bits per heavy atom. The van der Waals surface area contributed by atoms with Crippen molar-refractivity contribution in [3.63, 3.8) is 0 Å². The third-order valence-corrected chi connectivity index (χ3v) is 1.86. The number of ether oxygens (including phenoxy) is 4. The molecular weight excluding hydrogens is 226 g/mol. The molecule has 0 unspecified atom stereocenters. The highest BCUT2D eigenvalue weighted by Gasteiger charge is 2.07. The van der Waals surface area contributed by atoms with E-state index in [-0.39, 0.29) is 19.4 Å². The van der Waals surface area contributed by atoms with Gasteiger partial charge in [0, 0.05) is 20.1 Å². The molecule has 0 saturated heterocycles. The molecule has 0 saturated carbocycles. The summed E-state index contributed by atoms with van der Waals surface area (Å²) in [6, 6.07) is 1.65. The van der Waals surface area contributed by atoms with E-state index in [9.17, 15) is 4.79 Å². The lowest BCUT2D eigenvalue weighted by molar-refractivity contribution is -0.142. The number of carbonyl (C=O) groups is 1. The second-order valence-corrected chi connectivity index (χ2v) is 3.16. The molecule has 0 amide bonds. The van der Waals surface area contributed by atoms with Gasteiger partial charge in [0.1, 0.15) is 6.61 Å². The van der Waals surface area contributed by atoms with Crippen LogP contribution < -0.4 is 9.47 Å². The molecule has 1 aromatic rings. The van der Waals surface area contributed by atoms with Crippen LogP contribution in [-0.2, 0) is 20.9 Å². The van der Waals surface area contributed by atoms with E-state index in [1.54, 1.807) is 6.07 Å². The lowest BCUT2D eigenvalue weighted by atomic mass is 10.3. The van der Waals surface area contributed by atoms with Crippen LogP contribution >= 0.6 is 0 Å². The Labute approximate surface area is 99.5 Å². The first-order chi connectivity index (χ1) is 8.17. The highest BCUT2D eigenvalue weighted by molar-refractivity contribution is 5.65. The number of nitrogens with zero attached hydrogens (tertiary/aromatic N) is 1. The Morgan fingerprint density at radius 2 is 2.12 bits per heavy atom. The Hall–Kier alpha value is -1.82. The molecule has 0 fully saturated rings. The van der Waals surface area contributed by atoms with Crippen molar-refractivity contribution in [1.29, 1.82) is 0 Å². The fourth-order valence-corrected chi connectivity index (χ4v) is 1.11. The van der Waals surface area contributed by atoms with Gasteiger partial charge in [0.05, 0.1) is 19.0 Å². The summed E-state index contributed by atoms with van der Waals surface area (Å²) < 4.78 is 20.0. The van der Waals surface area contributed by atoms with E-state index < -0.39 is 0 Å². The molecule has 0 aliphatic heterocycles. The summed E-state index contributed by atoms with van der Waals surface area (Å²) in [6.45, 7) is 1.56. The number of aromatic nitrogens is 1. The van der Waals surface area contributed by atoms with Gasteiger partial charge in [-0.25, -0.2) is 0 Å². The summed E-state index contributed by atoms with van der Waals surface area (Å²) in [4.78, 5) is 14.7. The van der Waals surface area contributed by atoms with Gasteiger partial charge in [-0.05, 0) is 0 Å². The van der Waals surface area contributed by atoms with Gasteiger partial charge >= 0.3 is 5.97 Å². The quantitative estimate of drug-likeness (QED) is 0.549. The summed E-state index contributed by atoms with van der Waals surface area (Å²) in [6.07, 6.45) is 1.50. The standard InChI is InChI=1S/C11H15NO5/c1-8(13)16-6-9-4-10(15-3)11(5-12-9)17-7-14-2/h4-5H,6-7H2,1-3H3.